The monoisotopic (exact) mass is 391 g/mol. The van der Waals surface area contributed by atoms with Crippen molar-refractivity contribution in [2.24, 2.45) is 0 Å². The summed E-state index contributed by atoms with van der Waals surface area (Å²) in [5.41, 5.74) is 0. The molecule has 0 atom stereocenters. The van der Waals surface area contributed by atoms with Crippen molar-refractivity contribution in [3.05, 3.63) is 0 Å². The Kier molecular flexibility index (Phi) is 16.0. The summed E-state index contributed by atoms with van der Waals surface area (Å²) in [6, 6.07) is 0. The van der Waals surface area contributed by atoms with E-state index in [-0.39, 0.29) is 0 Å². The molecule has 0 amide bonds. The molecule has 6 nitrogen and oxygen atoms in total. The highest BCUT2D eigenvalue weighted by atomic mass is 28.4. The largest absolute Gasteiger partial charge is 0.549 e. The van der Waals surface area contributed by atoms with Gasteiger partial charge in [0, 0.05) is 45.8 Å². The van der Waals surface area contributed by atoms with Crippen LogP contribution in [0.15, 0.2) is 0 Å². The van der Waals surface area contributed by atoms with Crippen LogP contribution in [0, 0.1) is 0 Å². The maximum Gasteiger partial charge on any atom is 0.549 e. The van der Waals surface area contributed by atoms with Crippen molar-refractivity contribution in [1.82, 2.24) is 15.2 Å². The summed E-state index contributed by atoms with van der Waals surface area (Å²) in [4.78, 5) is 0. The minimum atomic E-state index is -2.88. The van der Waals surface area contributed by atoms with Crippen molar-refractivity contribution in [3.63, 3.8) is 0 Å². The zero-order valence-corrected chi connectivity index (χ0v) is 19.6. The maximum atomic E-state index is 6.41. The molecule has 0 aromatic rings. The van der Waals surface area contributed by atoms with Crippen LogP contribution < -0.4 is 0 Å². The summed E-state index contributed by atoms with van der Waals surface area (Å²) in [6.45, 7) is 20.4. The second-order valence-electron chi connectivity index (χ2n) is 6.92. The van der Waals surface area contributed by atoms with Crippen LogP contribution in [0.5, 0.6) is 0 Å². The fourth-order valence-corrected chi connectivity index (χ4v) is 4.91. The zero-order valence-electron chi connectivity index (χ0n) is 18.6. The van der Waals surface area contributed by atoms with Crippen molar-refractivity contribution in [1.29, 1.82) is 0 Å². The summed E-state index contributed by atoms with van der Waals surface area (Å²) in [7, 11) is -2.88. The number of hydroxylamine groups is 6. The highest BCUT2D eigenvalue weighted by Crippen LogP contribution is 2.18. The highest BCUT2D eigenvalue weighted by Gasteiger charge is 2.43. The van der Waals surface area contributed by atoms with Gasteiger partial charge < -0.3 is 0 Å². The molecular formula is C19H45N3O3Si. The normalized spacial score (nSPS) is 12.7. The van der Waals surface area contributed by atoms with E-state index >= 15 is 0 Å². The SMILES string of the molecule is CCCN(CCC)O[Si](C)(ON(CCC)CCC)ON(CCC)CCC. The Hall–Kier alpha value is -0.0231. The smallest absolute Gasteiger partial charge is 0.284 e. The van der Waals surface area contributed by atoms with Gasteiger partial charge in [0.25, 0.3) is 0 Å². The molecule has 0 unspecified atom stereocenters. The molecule has 0 radical (unpaired) electrons. The lowest BCUT2D eigenvalue weighted by Gasteiger charge is -2.38. The van der Waals surface area contributed by atoms with Crippen LogP contribution in [0.2, 0.25) is 6.55 Å². The maximum absolute atomic E-state index is 6.41. The first-order valence-corrected chi connectivity index (χ1v) is 13.0. The Morgan fingerprint density at radius 3 is 0.808 bits per heavy atom. The van der Waals surface area contributed by atoms with E-state index in [1.54, 1.807) is 0 Å². The van der Waals surface area contributed by atoms with Crippen LogP contribution in [0.25, 0.3) is 0 Å². The van der Waals surface area contributed by atoms with Gasteiger partial charge in [-0.3, -0.25) is 13.6 Å². The van der Waals surface area contributed by atoms with Gasteiger partial charge in [0.2, 0.25) is 0 Å². The Morgan fingerprint density at radius 1 is 0.462 bits per heavy atom. The summed E-state index contributed by atoms with van der Waals surface area (Å²) < 4.78 is 19.2. The van der Waals surface area contributed by atoms with E-state index in [9.17, 15) is 0 Å². The molecule has 0 aliphatic rings. The van der Waals surface area contributed by atoms with Gasteiger partial charge in [0.1, 0.15) is 0 Å². The second kappa shape index (κ2) is 16.0. The molecule has 0 rings (SSSR count). The molecule has 7 heteroatoms. The number of hydrogen-bond acceptors (Lipinski definition) is 6. The minimum absolute atomic E-state index is 0.895. The standard InChI is InChI=1S/C19H45N3O3Si/c1-8-14-20(15-9-2)23-26(7,24-21(16-10-3)17-11-4)25-22(18-12-5)19-13-6/h8-19H2,1-7H3. The Bertz CT molecular complexity index is 261. The molecule has 0 aromatic heterocycles. The first kappa shape index (κ1) is 26.0. The highest BCUT2D eigenvalue weighted by molar-refractivity contribution is 6.58. The van der Waals surface area contributed by atoms with E-state index in [0.29, 0.717) is 0 Å². The fourth-order valence-electron chi connectivity index (χ4n) is 2.86. The molecule has 0 bridgehead atoms. The molecule has 26 heavy (non-hydrogen) atoms. The average Bonchev–Trinajstić information content (AvgIpc) is 2.56. The van der Waals surface area contributed by atoms with E-state index in [1.807, 2.05) is 21.7 Å². The van der Waals surface area contributed by atoms with E-state index < -0.39 is 8.80 Å². The lowest BCUT2D eigenvalue weighted by molar-refractivity contribution is -0.225. The molecule has 0 aromatic carbocycles. The lowest BCUT2D eigenvalue weighted by Crippen LogP contribution is -2.55. The Labute approximate surface area is 164 Å². The van der Waals surface area contributed by atoms with Crippen LogP contribution in [0.3, 0.4) is 0 Å². The summed E-state index contributed by atoms with van der Waals surface area (Å²) >= 11 is 0. The van der Waals surface area contributed by atoms with Crippen molar-refractivity contribution in [2.45, 2.75) is 86.6 Å². The molecule has 0 fully saturated rings. The second-order valence-corrected chi connectivity index (χ2v) is 9.20. The van der Waals surface area contributed by atoms with Gasteiger partial charge >= 0.3 is 8.80 Å². The molecule has 158 valence electrons. The number of nitrogens with zero attached hydrogens (tertiary/aromatic N) is 3. The fraction of sp³-hybridized carbons (Fsp3) is 1.00. The molecule has 0 saturated carbocycles. The Morgan fingerprint density at radius 2 is 0.654 bits per heavy atom. The van der Waals surface area contributed by atoms with Crippen LogP contribution in [-0.4, -0.2) is 63.3 Å². The van der Waals surface area contributed by atoms with Gasteiger partial charge in [-0.25, -0.2) is 0 Å². The molecule has 0 N–H and O–H groups in total. The van der Waals surface area contributed by atoms with Crippen LogP contribution in [0.1, 0.15) is 80.1 Å². The molecule has 0 aliphatic carbocycles. The van der Waals surface area contributed by atoms with Crippen molar-refractivity contribution < 1.29 is 13.6 Å². The van der Waals surface area contributed by atoms with E-state index in [4.69, 9.17) is 13.6 Å². The van der Waals surface area contributed by atoms with E-state index in [1.165, 1.54) is 0 Å². The molecule has 0 aliphatic heterocycles. The minimum Gasteiger partial charge on any atom is -0.284 e. The van der Waals surface area contributed by atoms with E-state index in [2.05, 4.69) is 41.5 Å². The third-order valence-corrected chi connectivity index (χ3v) is 5.49. The lowest BCUT2D eigenvalue weighted by atomic mass is 10.4. The van der Waals surface area contributed by atoms with Gasteiger partial charge in [-0.2, -0.15) is 15.2 Å². The first-order valence-electron chi connectivity index (χ1n) is 10.8. The molecule has 0 heterocycles. The van der Waals surface area contributed by atoms with Crippen LogP contribution in [-0.2, 0) is 13.6 Å². The summed E-state index contributed by atoms with van der Waals surface area (Å²) in [5.74, 6) is 0. The predicted octanol–water partition coefficient (Wildman–Crippen LogP) is 4.72. The summed E-state index contributed by atoms with van der Waals surface area (Å²) in [5, 5.41) is 6.12. The Balaban J connectivity index is 5.29. The van der Waals surface area contributed by atoms with Gasteiger partial charge in [-0.1, -0.05) is 41.5 Å². The van der Waals surface area contributed by atoms with E-state index in [0.717, 1.165) is 77.8 Å². The van der Waals surface area contributed by atoms with Gasteiger partial charge in [0.15, 0.2) is 0 Å². The quantitative estimate of drug-likeness (QED) is 0.249. The van der Waals surface area contributed by atoms with Crippen molar-refractivity contribution in [2.75, 3.05) is 39.3 Å². The molecular weight excluding hydrogens is 346 g/mol. The zero-order chi connectivity index (χ0) is 19.8. The molecule has 0 spiro atoms. The predicted molar refractivity (Wildman–Crippen MR) is 111 cm³/mol. The van der Waals surface area contributed by atoms with Gasteiger partial charge in [-0.15, -0.1) is 0 Å². The first-order chi connectivity index (χ1) is 12.5. The molecule has 0 saturated heterocycles. The van der Waals surface area contributed by atoms with Crippen LogP contribution in [0.4, 0.5) is 0 Å². The average molecular weight is 392 g/mol. The summed E-state index contributed by atoms with van der Waals surface area (Å²) in [6.07, 6.45) is 6.28. The number of hydrogen-bond donors (Lipinski definition) is 0. The van der Waals surface area contributed by atoms with Crippen LogP contribution >= 0.6 is 0 Å². The van der Waals surface area contributed by atoms with Crippen molar-refractivity contribution in [3.8, 4) is 0 Å². The van der Waals surface area contributed by atoms with Gasteiger partial charge in [-0.05, 0) is 38.5 Å². The third kappa shape index (κ3) is 11.6. The van der Waals surface area contributed by atoms with Gasteiger partial charge in [0.05, 0.1) is 0 Å². The third-order valence-electron chi connectivity index (χ3n) is 3.72. The number of rotatable bonds is 18. The topological polar surface area (TPSA) is 37.4 Å². The van der Waals surface area contributed by atoms with Crippen molar-refractivity contribution >= 4 is 8.80 Å².